The number of carbonyl (C=O) groups is 1. The number of hydroxylamine groups is 2. The van der Waals surface area contributed by atoms with Crippen molar-refractivity contribution in [2.75, 3.05) is 19.7 Å². The minimum Gasteiger partial charge on any atom is -0.394 e. The van der Waals surface area contributed by atoms with E-state index in [1.54, 1.807) is 4.90 Å². The van der Waals surface area contributed by atoms with Gasteiger partial charge in [-0.15, -0.1) is 0 Å². The summed E-state index contributed by atoms with van der Waals surface area (Å²) in [5.41, 5.74) is 1.10. The number of hydrogen-bond acceptors (Lipinski definition) is 4. The molecule has 2 saturated heterocycles. The summed E-state index contributed by atoms with van der Waals surface area (Å²) in [7, 11) is 0. The lowest BCUT2D eigenvalue weighted by atomic mass is 9.96. The largest absolute Gasteiger partial charge is 0.394 e. The molecule has 1 N–H and O–H groups in total. The summed E-state index contributed by atoms with van der Waals surface area (Å²) in [6.07, 6.45) is 1.81. The van der Waals surface area contributed by atoms with E-state index in [0.717, 1.165) is 18.4 Å². The fraction of sp³-hybridized carbons (Fsp3) is 0.533. The number of aliphatic hydroxyl groups is 1. The maximum absolute atomic E-state index is 12.1. The third kappa shape index (κ3) is 2.70. The van der Waals surface area contributed by atoms with Gasteiger partial charge in [0.25, 0.3) is 0 Å². The van der Waals surface area contributed by atoms with Crippen molar-refractivity contribution >= 4 is 5.91 Å². The maximum atomic E-state index is 12.1. The van der Waals surface area contributed by atoms with Crippen molar-refractivity contribution in [3.05, 3.63) is 35.9 Å². The van der Waals surface area contributed by atoms with Crippen molar-refractivity contribution in [1.29, 1.82) is 0 Å². The van der Waals surface area contributed by atoms with Crippen LogP contribution in [-0.4, -0.2) is 52.8 Å². The Morgan fingerprint density at radius 1 is 1.25 bits per heavy atom. The lowest BCUT2D eigenvalue weighted by Gasteiger charge is -2.47. The van der Waals surface area contributed by atoms with Gasteiger partial charge in [-0.3, -0.25) is 9.63 Å². The second kappa shape index (κ2) is 5.91. The molecule has 0 spiro atoms. The number of piperidine rings is 1. The molecule has 0 unspecified atom stereocenters. The van der Waals surface area contributed by atoms with E-state index < -0.39 is 0 Å². The normalized spacial score (nSPS) is 26.9. The van der Waals surface area contributed by atoms with E-state index in [1.165, 1.54) is 0 Å². The molecule has 5 nitrogen and oxygen atoms in total. The number of piperazine rings is 1. The molecule has 1 amide bonds. The van der Waals surface area contributed by atoms with Crippen molar-refractivity contribution in [3.63, 3.8) is 0 Å². The number of amides is 1. The van der Waals surface area contributed by atoms with E-state index in [4.69, 9.17) is 4.84 Å². The van der Waals surface area contributed by atoms with Crippen LogP contribution in [0.5, 0.6) is 0 Å². The van der Waals surface area contributed by atoms with Gasteiger partial charge < -0.3 is 10.0 Å². The van der Waals surface area contributed by atoms with E-state index in [9.17, 15) is 9.90 Å². The topological polar surface area (TPSA) is 53.0 Å². The van der Waals surface area contributed by atoms with Crippen molar-refractivity contribution in [2.24, 2.45) is 0 Å². The van der Waals surface area contributed by atoms with Crippen LogP contribution in [0.25, 0.3) is 0 Å². The lowest BCUT2D eigenvalue weighted by molar-refractivity contribution is -0.227. The molecule has 3 rings (SSSR count). The molecule has 0 aromatic heterocycles. The van der Waals surface area contributed by atoms with Gasteiger partial charge in [0.05, 0.1) is 25.3 Å². The number of fused-ring (bicyclic) bond motifs is 2. The van der Waals surface area contributed by atoms with E-state index in [0.29, 0.717) is 13.2 Å². The third-order valence-corrected chi connectivity index (χ3v) is 4.15. The number of nitrogens with zero attached hydrogens (tertiary/aromatic N) is 2. The van der Waals surface area contributed by atoms with Gasteiger partial charge in [0.2, 0.25) is 5.91 Å². The summed E-state index contributed by atoms with van der Waals surface area (Å²) in [5, 5.41) is 11.1. The number of benzene rings is 1. The van der Waals surface area contributed by atoms with E-state index in [-0.39, 0.29) is 31.1 Å². The van der Waals surface area contributed by atoms with Crippen LogP contribution in [0.4, 0.5) is 0 Å². The number of hydrogen-bond donors (Lipinski definition) is 1. The average Bonchev–Trinajstić information content (AvgIpc) is 2.50. The molecule has 0 radical (unpaired) electrons. The summed E-state index contributed by atoms with van der Waals surface area (Å²) in [6, 6.07) is 10.2. The summed E-state index contributed by atoms with van der Waals surface area (Å²) >= 11 is 0. The highest BCUT2D eigenvalue weighted by Crippen LogP contribution is 2.26. The molecule has 1 aromatic rings. The van der Waals surface area contributed by atoms with Crippen LogP contribution in [0.1, 0.15) is 18.4 Å². The van der Waals surface area contributed by atoms with Gasteiger partial charge in [0.15, 0.2) is 0 Å². The fourth-order valence-electron chi connectivity index (χ4n) is 2.97. The highest BCUT2D eigenvalue weighted by atomic mass is 16.7. The Bertz CT molecular complexity index is 465. The van der Waals surface area contributed by atoms with Gasteiger partial charge in [-0.1, -0.05) is 30.3 Å². The number of carbonyl (C=O) groups excluding carboxylic acids is 1. The standard InChI is InChI=1S/C15H20N2O3/c18-10-14-7-6-13-8-16(14)15(19)9-17(13)20-11-12-4-2-1-3-5-12/h1-5,13-14,18H,6-11H2/t13-,14+/m1/s1. The Morgan fingerprint density at radius 2 is 2.05 bits per heavy atom. The maximum Gasteiger partial charge on any atom is 0.239 e. The zero-order chi connectivity index (χ0) is 13.9. The SMILES string of the molecule is O=C1CN(OCc2ccccc2)[C@@H]2CC[C@@H](CO)N1C2. The van der Waals surface area contributed by atoms with Gasteiger partial charge in [-0.25, -0.2) is 0 Å². The molecule has 2 bridgehead atoms. The molecule has 2 aliphatic heterocycles. The highest BCUT2D eigenvalue weighted by Gasteiger charge is 2.40. The third-order valence-electron chi connectivity index (χ3n) is 4.15. The van der Waals surface area contributed by atoms with Crippen LogP contribution in [0.15, 0.2) is 30.3 Å². The first-order chi connectivity index (χ1) is 9.78. The quantitative estimate of drug-likeness (QED) is 0.883. The number of rotatable bonds is 4. The van der Waals surface area contributed by atoms with Gasteiger partial charge in [-0.05, 0) is 18.4 Å². The minimum absolute atomic E-state index is 0.00461. The molecule has 2 fully saturated rings. The fourth-order valence-corrected chi connectivity index (χ4v) is 2.97. The first-order valence-electron chi connectivity index (χ1n) is 7.11. The molecule has 1 aromatic carbocycles. The number of aliphatic hydroxyl groups excluding tert-OH is 1. The summed E-state index contributed by atoms with van der Waals surface area (Å²) in [6.45, 7) is 1.50. The molecular weight excluding hydrogens is 256 g/mol. The van der Waals surface area contributed by atoms with Crippen LogP contribution in [0.3, 0.4) is 0 Å². The Kier molecular flexibility index (Phi) is 4.00. The van der Waals surface area contributed by atoms with Crippen molar-refractivity contribution in [1.82, 2.24) is 9.96 Å². The van der Waals surface area contributed by atoms with Crippen molar-refractivity contribution < 1.29 is 14.7 Å². The lowest BCUT2D eigenvalue weighted by Crippen LogP contribution is -2.62. The van der Waals surface area contributed by atoms with Crippen molar-refractivity contribution in [3.8, 4) is 0 Å². The second-order valence-corrected chi connectivity index (χ2v) is 5.45. The molecule has 20 heavy (non-hydrogen) atoms. The van der Waals surface area contributed by atoms with Crippen LogP contribution in [-0.2, 0) is 16.2 Å². The Morgan fingerprint density at radius 3 is 2.80 bits per heavy atom. The first kappa shape index (κ1) is 13.5. The van der Waals surface area contributed by atoms with Crippen LogP contribution >= 0.6 is 0 Å². The average molecular weight is 276 g/mol. The molecule has 2 aliphatic rings. The molecule has 108 valence electrons. The zero-order valence-electron chi connectivity index (χ0n) is 11.4. The first-order valence-corrected chi connectivity index (χ1v) is 7.11. The van der Waals surface area contributed by atoms with Crippen LogP contribution in [0.2, 0.25) is 0 Å². The van der Waals surface area contributed by atoms with E-state index >= 15 is 0 Å². The van der Waals surface area contributed by atoms with Gasteiger partial charge >= 0.3 is 0 Å². The van der Waals surface area contributed by atoms with Crippen molar-refractivity contribution in [2.45, 2.75) is 31.5 Å². The second-order valence-electron chi connectivity index (χ2n) is 5.45. The predicted molar refractivity (Wildman–Crippen MR) is 73.5 cm³/mol. The molecular formula is C15H20N2O3. The minimum atomic E-state index is -0.00461. The van der Waals surface area contributed by atoms with E-state index in [1.807, 2.05) is 35.4 Å². The molecule has 2 heterocycles. The highest BCUT2D eigenvalue weighted by molar-refractivity contribution is 5.79. The zero-order valence-corrected chi connectivity index (χ0v) is 11.4. The predicted octanol–water partition coefficient (Wildman–Crippen LogP) is 0.786. The molecule has 5 heteroatoms. The van der Waals surface area contributed by atoms with Crippen LogP contribution in [0, 0.1) is 0 Å². The summed E-state index contributed by atoms with van der Waals surface area (Å²) < 4.78 is 0. The monoisotopic (exact) mass is 276 g/mol. The van der Waals surface area contributed by atoms with Gasteiger partial charge in [0.1, 0.15) is 6.54 Å². The molecule has 2 atom stereocenters. The van der Waals surface area contributed by atoms with Crippen LogP contribution < -0.4 is 0 Å². The molecule has 0 aliphatic carbocycles. The Hall–Kier alpha value is -1.43. The van der Waals surface area contributed by atoms with Gasteiger partial charge in [0, 0.05) is 6.54 Å². The Balaban J connectivity index is 1.60. The Labute approximate surface area is 118 Å². The summed E-state index contributed by atoms with van der Waals surface area (Å²) in [5.74, 6) is 0.0491. The smallest absolute Gasteiger partial charge is 0.239 e. The van der Waals surface area contributed by atoms with E-state index in [2.05, 4.69) is 0 Å². The van der Waals surface area contributed by atoms with Gasteiger partial charge in [-0.2, -0.15) is 5.06 Å². The summed E-state index contributed by atoms with van der Waals surface area (Å²) in [4.78, 5) is 19.7. The molecule has 0 saturated carbocycles.